The van der Waals surface area contributed by atoms with Gasteiger partial charge in [0.05, 0.1) is 5.52 Å². The summed E-state index contributed by atoms with van der Waals surface area (Å²) in [5.74, 6) is 0.680. The minimum atomic E-state index is -0.254. The lowest BCUT2D eigenvalue weighted by atomic mass is 9.75. The molecule has 1 aromatic carbocycles. The normalized spacial score (nSPS) is 15.2. The molecule has 0 aliphatic rings. The van der Waals surface area contributed by atoms with E-state index >= 15 is 0 Å². The lowest BCUT2D eigenvalue weighted by Crippen LogP contribution is -2.27. The third kappa shape index (κ3) is 4.82. The molecule has 2 rings (SSSR count). The van der Waals surface area contributed by atoms with Crippen molar-refractivity contribution in [2.45, 2.75) is 70.6 Å². The van der Waals surface area contributed by atoms with Gasteiger partial charge < -0.3 is 5.41 Å². The first-order valence-electron chi connectivity index (χ1n) is 9.13. The minimum absolute atomic E-state index is 0.0537. The Morgan fingerprint density at radius 3 is 2.44 bits per heavy atom. The standard InChI is InChI=1S/C22H31ClN2/c1-15(13-24)12-16(2)17-9-10-19(20-18(17)8-7-11-25-20)21(3,4)14-22(5,6)23/h7-11,13,15-16,24H,12,14H2,1-6H3. The summed E-state index contributed by atoms with van der Waals surface area (Å²) in [5, 5.41) is 8.70. The minimum Gasteiger partial charge on any atom is -0.313 e. The van der Waals surface area contributed by atoms with Crippen molar-refractivity contribution in [1.82, 2.24) is 4.98 Å². The van der Waals surface area contributed by atoms with E-state index in [0.29, 0.717) is 5.92 Å². The van der Waals surface area contributed by atoms with Crippen molar-refractivity contribution in [2.24, 2.45) is 5.92 Å². The van der Waals surface area contributed by atoms with Gasteiger partial charge in [-0.15, -0.1) is 11.6 Å². The maximum atomic E-state index is 7.48. The van der Waals surface area contributed by atoms with Gasteiger partial charge in [0, 0.05) is 16.5 Å². The van der Waals surface area contributed by atoms with Crippen LogP contribution in [0.4, 0.5) is 0 Å². The Morgan fingerprint density at radius 1 is 1.16 bits per heavy atom. The van der Waals surface area contributed by atoms with E-state index in [0.717, 1.165) is 18.4 Å². The van der Waals surface area contributed by atoms with E-state index in [-0.39, 0.29) is 16.2 Å². The third-order valence-corrected chi connectivity index (χ3v) is 5.07. The Balaban J connectivity index is 2.53. The smallest absolute Gasteiger partial charge is 0.0742 e. The van der Waals surface area contributed by atoms with Crippen LogP contribution in [-0.2, 0) is 5.41 Å². The molecule has 0 fully saturated rings. The summed E-state index contributed by atoms with van der Waals surface area (Å²) in [6.07, 6.45) is 5.28. The van der Waals surface area contributed by atoms with E-state index in [1.807, 2.05) is 12.3 Å². The number of halogens is 1. The number of pyridine rings is 1. The van der Waals surface area contributed by atoms with Gasteiger partial charge in [-0.2, -0.15) is 0 Å². The van der Waals surface area contributed by atoms with Crippen molar-refractivity contribution >= 4 is 28.7 Å². The summed E-state index contributed by atoms with van der Waals surface area (Å²) >= 11 is 6.53. The van der Waals surface area contributed by atoms with Gasteiger partial charge in [-0.25, -0.2) is 0 Å². The maximum absolute atomic E-state index is 7.48. The van der Waals surface area contributed by atoms with E-state index in [4.69, 9.17) is 22.0 Å². The number of hydrogen-bond donors (Lipinski definition) is 1. The fourth-order valence-corrected chi connectivity index (χ4v) is 4.40. The highest BCUT2D eigenvalue weighted by molar-refractivity contribution is 6.23. The van der Waals surface area contributed by atoms with Gasteiger partial charge >= 0.3 is 0 Å². The first-order valence-corrected chi connectivity index (χ1v) is 9.50. The average Bonchev–Trinajstić information content (AvgIpc) is 2.51. The van der Waals surface area contributed by atoms with Crippen LogP contribution in [0, 0.1) is 11.3 Å². The van der Waals surface area contributed by atoms with E-state index in [9.17, 15) is 0 Å². The Labute approximate surface area is 157 Å². The quantitative estimate of drug-likeness (QED) is 0.434. The van der Waals surface area contributed by atoms with Crippen LogP contribution < -0.4 is 0 Å². The van der Waals surface area contributed by atoms with Crippen LogP contribution in [0.15, 0.2) is 30.5 Å². The molecule has 0 aliphatic heterocycles. The van der Waals surface area contributed by atoms with Crippen LogP contribution in [0.5, 0.6) is 0 Å². The molecular weight excluding hydrogens is 328 g/mol. The van der Waals surface area contributed by atoms with E-state index in [2.05, 4.69) is 59.7 Å². The fourth-order valence-electron chi connectivity index (χ4n) is 4.07. The molecule has 0 amide bonds. The van der Waals surface area contributed by atoms with Gasteiger partial charge in [0.1, 0.15) is 0 Å². The molecule has 1 aromatic heterocycles. The molecule has 2 atom stereocenters. The predicted molar refractivity (Wildman–Crippen MR) is 110 cm³/mol. The summed E-state index contributed by atoms with van der Waals surface area (Å²) in [6, 6.07) is 8.68. The fraction of sp³-hybridized carbons (Fsp3) is 0.545. The molecule has 1 heterocycles. The van der Waals surface area contributed by atoms with Gasteiger partial charge in [0.15, 0.2) is 0 Å². The summed E-state index contributed by atoms with van der Waals surface area (Å²) in [5.41, 5.74) is 3.61. The van der Waals surface area contributed by atoms with Gasteiger partial charge in [0.2, 0.25) is 0 Å². The van der Waals surface area contributed by atoms with Crippen LogP contribution in [0.1, 0.15) is 71.4 Å². The number of nitrogens with zero attached hydrogens (tertiary/aromatic N) is 1. The second-order valence-corrected chi connectivity index (χ2v) is 9.69. The van der Waals surface area contributed by atoms with Crippen molar-refractivity contribution < 1.29 is 0 Å². The number of benzene rings is 1. The molecule has 25 heavy (non-hydrogen) atoms. The number of alkyl halides is 1. The summed E-state index contributed by atoms with van der Waals surface area (Å²) in [4.78, 5) is 4.48. The zero-order valence-electron chi connectivity index (χ0n) is 16.4. The molecule has 2 aromatic rings. The van der Waals surface area contributed by atoms with Crippen molar-refractivity contribution in [3.05, 3.63) is 41.6 Å². The Bertz CT molecular complexity index is 743. The van der Waals surface area contributed by atoms with Crippen LogP contribution in [-0.4, -0.2) is 16.1 Å². The van der Waals surface area contributed by atoms with Crippen molar-refractivity contribution in [3.8, 4) is 0 Å². The summed E-state index contributed by atoms with van der Waals surface area (Å²) in [6.45, 7) is 13.0. The van der Waals surface area contributed by atoms with Crippen LogP contribution in [0.2, 0.25) is 0 Å². The van der Waals surface area contributed by atoms with E-state index in [1.165, 1.54) is 22.7 Å². The molecule has 0 spiro atoms. The monoisotopic (exact) mass is 358 g/mol. The summed E-state index contributed by atoms with van der Waals surface area (Å²) in [7, 11) is 0. The second-order valence-electron chi connectivity index (χ2n) is 8.66. The molecular formula is C22H31ClN2. The number of hydrogen-bond acceptors (Lipinski definition) is 2. The number of fused-ring (bicyclic) bond motifs is 1. The SMILES string of the molecule is CC(C=N)CC(C)c1ccc(C(C)(C)CC(C)(C)Cl)c2ncccc12. The van der Waals surface area contributed by atoms with Gasteiger partial charge in [-0.3, -0.25) is 4.98 Å². The van der Waals surface area contributed by atoms with Crippen LogP contribution >= 0.6 is 11.6 Å². The van der Waals surface area contributed by atoms with Crippen molar-refractivity contribution in [2.75, 3.05) is 0 Å². The van der Waals surface area contributed by atoms with Crippen molar-refractivity contribution in [3.63, 3.8) is 0 Å². The molecule has 0 aliphatic carbocycles. The lowest BCUT2D eigenvalue weighted by Gasteiger charge is -2.32. The molecule has 136 valence electrons. The second kappa shape index (κ2) is 7.45. The Hall–Kier alpha value is -1.41. The Morgan fingerprint density at radius 2 is 1.84 bits per heavy atom. The summed E-state index contributed by atoms with van der Waals surface area (Å²) < 4.78 is 0. The third-order valence-electron chi connectivity index (χ3n) is 4.94. The molecule has 2 unspecified atom stereocenters. The molecule has 1 N–H and O–H groups in total. The lowest BCUT2D eigenvalue weighted by molar-refractivity contribution is 0.422. The maximum Gasteiger partial charge on any atom is 0.0742 e. The van der Waals surface area contributed by atoms with E-state index < -0.39 is 0 Å². The van der Waals surface area contributed by atoms with Crippen LogP contribution in [0.3, 0.4) is 0 Å². The van der Waals surface area contributed by atoms with E-state index in [1.54, 1.807) is 0 Å². The molecule has 0 saturated heterocycles. The molecule has 0 radical (unpaired) electrons. The number of rotatable bonds is 7. The highest BCUT2D eigenvalue weighted by Crippen LogP contribution is 2.40. The highest BCUT2D eigenvalue weighted by Gasteiger charge is 2.31. The van der Waals surface area contributed by atoms with Gasteiger partial charge in [0.25, 0.3) is 0 Å². The zero-order chi connectivity index (χ0) is 18.8. The predicted octanol–water partition coefficient (Wildman–Crippen LogP) is 6.70. The topological polar surface area (TPSA) is 36.7 Å². The first kappa shape index (κ1) is 19.9. The first-order chi connectivity index (χ1) is 11.5. The van der Waals surface area contributed by atoms with Gasteiger partial charge in [-0.1, -0.05) is 45.9 Å². The number of nitrogens with one attached hydrogen (secondary N) is 1. The van der Waals surface area contributed by atoms with Crippen LogP contribution in [0.25, 0.3) is 10.9 Å². The highest BCUT2D eigenvalue weighted by atomic mass is 35.5. The molecule has 3 heteroatoms. The van der Waals surface area contributed by atoms with Gasteiger partial charge in [-0.05, 0) is 67.3 Å². The van der Waals surface area contributed by atoms with Crippen molar-refractivity contribution in [1.29, 1.82) is 5.41 Å². The zero-order valence-corrected chi connectivity index (χ0v) is 17.1. The molecule has 0 saturated carbocycles. The average molecular weight is 359 g/mol. The largest absolute Gasteiger partial charge is 0.313 e. The molecule has 2 nitrogen and oxygen atoms in total. The Kier molecular flexibility index (Phi) is 5.93. The number of aromatic nitrogens is 1. The molecule has 0 bridgehead atoms.